The van der Waals surface area contributed by atoms with Crippen LogP contribution in [0.4, 0.5) is 4.39 Å². The molecule has 2 amide bonds. The summed E-state index contributed by atoms with van der Waals surface area (Å²) in [7, 11) is 1.71. The first-order valence-corrected chi connectivity index (χ1v) is 12.7. The molecule has 5 rings (SSSR count). The molecular formula is C32H29FN4O2. The van der Waals surface area contributed by atoms with Crippen LogP contribution in [0.2, 0.25) is 0 Å². The lowest BCUT2D eigenvalue weighted by Crippen LogP contribution is -2.45. The van der Waals surface area contributed by atoms with Crippen molar-refractivity contribution < 1.29 is 14.0 Å². The minimum atomic E-state index is -1.22. The van der Waals surface area contributed by atoms with Crippen molar-refractivity contribution in [2.45, 2.75) is 25.0 Å². The van der Waals surface area contributed by atoms with Crippen LogP contribution in [0.15, 0.2) is 109 Å². The molecule has 0 radical (unpaired) electrons. The maximum atomic E-state index is 14.1. The number of guanidine groups is 1. The van der Waals surface area contributed by atoms with Crippen LogP contribution >= 0.6 is 0 Å². The first-order chi connectivity index (χ1) is 18.8. The molecule has 7 heteroatoms. The van der Waals surface area contributed by atoms with Gasteiger partial charge in [-0.05, 0) is 53.4 Å². The Hall–Kier alpha value is -4.78. The first kappa shape index (κ1) is 25.9. The van der Waals surface area contributed by atoms with E-state index in [0.717, 1.165) is 22.3 Å². The number of rotatable bonds is 7. The van der Waals surface area contributed by atoms with Gasteiger partial charge in [-0.3, -0.25) is 19.9 Å². The van der Waals surface area contributed by atoms with E-state index in [1.54, 1.807) is 42.3 Å². The second-order valence-electron chi connectivity index (χ2n) is 9.69. The zero-order chi connectivity index (χ0) is 27.6. The van der Waals surface area contributed by atoms with E-state index in [1.165, 1.54) is 17.0 Å². The highest BCUT2D eigenvalue weighted by molar-refractivity contribution is 6.10. The molecule has 0 bridgehead atoms. The van der Waals surface area contributed by atoms with Crippen LogP contribution in [0, 0.1) is 11.2 Å². The number of amides is 2. The Bertz CT molecular complexity index is 1470. The normalized spacial score (nSPS) is 15.1. The molecule has 1 aliphatic heterocycles. The number of nitrogens with one attached hydrogen (secondary N) is 2. The molecule has 2 N–H and O–H groups in total. The van der Waals surface area contributed by atoms with Gasteiger partial charge >= 0.3 is 0 Å². The molecule has 1 fully saturated rings. The highest BCUT2D eigenvalue weighted by Gasteiger charge is 2.52. The predicted molar refractivity (Wildman–Crippen MR) is 148 cm³/mol. The minimum Gasteiger partial charge on any atom is -0.335 e. The fourth-order valence-corrected chi connectivity index (χ4v) is 5.02. The number of hydrogen-bond acceptors (Lipinski definition) is 3. The zero-order valence-corrected chi connectivity index (χ0v) is 21.8. The van der Waals surface area contributed by atoms with E-state index in [2.05, 4.69) is 5.32 Å². The van der Waals surface area contributed by atoms with Gasteiger partial charge in [0.1, 0.15) is 5.82 Å². The topological polar surface area (TPSA) is 76.5 Å². The van der Waals surface area contributed by atoms with E-state index in [0.29, 0.717) is 5.56 Å². The maximum absolute atomic E-state index is 14.1. The van der Waals surface area contributed by atoms with Gasteiger partial charge in [0.15, 0.2) is 11.5 Å². The van der Waals surface area contributed by atoms with Crippen molar-refractivity contribution >= 4 is 17.8 Å². The van der Waals surface area contributed by atoms with Crippen molar-refractivity contribution in [3.63, 3.8) is 0 Å². The Balaban J connectivity index is 1.41. The summed E-state index contributed by atoms with van der Waals surface area (Å²) < 4.78 is 13.4. The molecule has 0 unspecified atom stereocenters. The van der Waals surface area contributed by atoms with Gasteiger partial charge in [0.25, 0.3) is 11.8 Å². The van der Waals surface area contributed by atoms with Crippen molar-refractivity contribution in [3.05, 3.63) is 143 Å². The molecular weight excluding hydrogens is 491 g/mol. The quantitative estimate of drug-likeness (QED) is 0.339. The van der Waals surface area contributed by atoms with Crippen LogP contribution in [-0.2, 0) is 16.9 Å². The third-order valence-corrected chi connectivity index (χ3v) is 7.32. The molecule has 4 aromatic rings. The molecule has 1 aliphatic rings. The van der Waals surface area contributed by atoms with Crippen LogP contribution < -0.4 is 5.32 Å². The van der Waals surface area contributed by atoms with Crippen molar-refractivity contribution in [2.24, 2.45) is 0 Å². The van der Waals surface area contributed by atoms with E-state index in [1.807, 2.05) is 73.7 Å². The van der Waals surface area contributed by atoms with Crippen LogP contribution in [0.3, 0.4) is 0 Å². The first-order valence-electron chi connectivity index (χ1n) is 12.7. The SMILES string of the molecule is C[C@H](c1ccc(F)cc1)N(C)C(=O)c1cccc(CN2C(=N)NC(c3ccccc3)(c3ccccc3)C2=O)c1. The van der Waals surface area contributed by atoms with E-state index in [9.17, 15) is 14.0 Å². The highest BCUT2D eigenvalue weighted by Crippen LogP contribution is 2.36. The summed E-state index contributed by atoms with van der Waals surface area (Å²) in [5.41, 5.74) is 2.27. The second kappa shape index (κ2) is 10.5. The third-order valence-electron chi connectivity index (χ3n) is 7.32. The lowest BCUT2D eigenvalue weighted by Gasteiger charge is -2.28. The van der Waals surface area contributed by atoms with Gasteiger partial charge in [-0.1, -0.05) is 84.9 Å². The standard InChI is InChI=1S/C32H29FN4O2/c1-22(24-16-18-28(33)19-17-24)36(2)29(38)25-11-9-10-23(20-25)21-37-30(39)32(35-31(37)34,26-12-5-3-6-13-26)27-14-7-4-8-15-27/h3-20,22H,21H2,1-2H3,(H2,34,35)/t22-/m1/s1. The molecule has 0 aromatic heterocycles. The number of carbonyl (C=O) groups excluding carboxylic acids is 2. The number of nitrogens with zero attached hydrogens (tertiary/aromatic N) is 2. The summed E-state index contributed by atoms with van der Waals surface area (Å²) in [5.74, 6) is -0.791. The molecule has 4 aromatic carbocycles. The van der Waals surface area contributed by atoms with Crippen molar-refractivity contribution in [3.8, 4) is 0 Å². The van der Waals surface area contributed by atoms with E-state index in [4.69, 9.17) is 5.41 Å². The summed E-state index contributed by atoms with van der Waals surface area (Å²) in [6, 6.07) is 31.7. The third kappa shape index (κ3) is 4.79. The molecule has 39 heavy (non-hydrogen) atoms. The van der Waals surface area contributed by atoms with Crippen LogP contribution in [-0.4, -0.2) is 34.6 Å². The lowest BCUT2D eigenvalue weighted by atomic mass is 9.82. The van der Waals surface area contributed by atoms with E-state index in [-0.39, 0.29) is 36.2 Å². The average molecular weight is 521 g/mol. The van der Waals surface area contributed by atoms with Gasteiger partial charge in [-0.2, -0.15) is 0 Å². The Morgan fingerprint density at radius 3 is 2.10 bits per heavy atom. The minimum absolute atomic E-state index is 0.00788. The van der Waals surface area contributed by atoms with Gasteiger partial charge < -0.3 is 10.2 Å². The monoisotopic (exact) mass is 520 g/mol. The predicted octanol–water partition coefficient (Wildman–Crippen LogP) is 5.47. The molecule has 196 valence electrons. The zero-order valence-electron chi connectivity index (χ0n) is 21.8. The Labute approximate surface area is 227 Å². The second-order valence-corrected chi connectivity index (χ2v) is 9.69. The summed E-state index contributed by atoms with van der Waals surface area (Å²) in [4.78, 5) is 30.4. The highest BCUT2D eigenvalue weighted by atomic mass is 19.1. The molecule has 1 heterocycles. The fourth-order valence-electron chi connectivity index (χ4n) is 5.02. The Kier molecular flexibility index (Phi) is 6.98. The number of carbonyl (C=O) groups is 2. The van der Waals surface area contributed by atoms with Crippen molar-refractivity contribution in [1.29, 1.82) is 5.41 Å². The molecule has 6 nitrogen and oxygen atoms in total. The van der Waals surface area contributed by atoms with Crippen LogP contribution in [0.25, 0.3) is 0 Å². The van der Waals surface area contributed by atoms with Crippen LogP contribution in [0.1, 0.15) is 45.6 Å². The molecule has 1 atom stereocenters. The summed E-state index contributed by atoms with van der Waals surface area (Å²) in [5, 5.41) is 11.9. The lowest BCUT2D eigenvalue weighted by molar-refractivity contribution is -0.130. The van der Waals surface area contributed by atoms with Gasteiger partial charge in [0.05, 0.1) is 12.6 Å². The maximum Gasteiger partial charge on any atom is 0.264 e. The smallest absolute Gasteiger partial charge is 0.264 e. The Morgan fingerprint density at radius 1 is 0.923 bits per heavy atom. The van der Waals surface area contributed by atoms with Gasteiger partial charge in [-0.15, -0.1) is 0 Å². The largest absolute Gasteiger partial charge is 0.335 e. The van der Waals surface area contributed by atoms with E-state index < -0.39 is 5.54 Å². The fraction of sp³-hybridized carbons (Fsp3) is 0.156. The van der Waals surface area contributed by atoms with Gasteiger partial charge in [0.2, 0.25) is 0 Å². The number of halogens is 1. The molecule has 0 spiro atoms. The number of benzene rings is 4. The van der Waals surface area contributed by atoms with Gasteiger partial charge in [0, 0.05) is 12.6 Å². The van der Waals surface area contributed by atoms with Crippen molar-refractivity contribution in [1.82, 2.24) is 15.1 Å². The number of hydrogen-bond donors (Lipinski definition) is 2. The summed E-state index contributed by atoms with van der Waals surface area (Å²) in [6.45, 7) is 2.02. The van der Waals surface area contributed by atoms with Crippen LogP contribution in [0.5, 0.6) is 0 Å². The summed E-state index contributed by atoms with van der Waals surface area (Å²) in [6.07, 6.45) is 0. The molecule has 0 aliphatic carbocycles. The molecule has 1 saturated heterocycles. The average Bonchev–Trinajstić information content (AvgIpc) is 3.23. The Morgan fingerprint density at radius 2 is 1.51 bits per heavy atom. The molecule has 0 saturated carbocycles. The van der Waals surface area contributed by atoms with Gasteiger partial charge in [-0.25, -0.2) is 4.39 Å². The summed E-state index contributed by atoms with van der Waals surface area (Å²) >= 11 is 0. The van der Waals surface area contributed by atoms with E-state index >= 15 is 0 Å². The van der Waals surface area contributed by atoms with Crippen molar-refractivity contribution in [2.75, 3.05) is 7.05 Å².